The van der Waals surface area contributed by atoms with Gasteiger partial charge in [-0.2, -0.15) is 0 Å². The Labute approximate surface area is 87.7 Å². The minimum atomic E-state index is -0.573. The fourth-order valence-corrected chi connectivity index (χ4v) is 2.09. The molecule has 0 spiro atoms. The summed E-state index contributed by atoms with van der Waals surface area (Å²) in [4.78, 5) is 0. The van der Waals surface area contributed by atoms with Gasteiger partial charge in [0.1, 0.15) is 0 Å². The zero-order chi connectivity index (χ0) is 11.0. The minimum Gasteiger partial charge on any atom is -0.389 e. The first-order chi connectivity index (χ1) is 6.22. The van der Waals surface area contributed by atoms with E-state index in [4.69, 9.17) is 4.74 Å². The van der Waals surface area contributed by atoms with Gasteiger partial charge in [-0.3, -0.25) is 0 Å². The van der Waals surface area contributed by atoms with Gasteiger partial charge in [-0.05, 0) is 18.8 Å². The number of hydrogen-bond donors (Lipinski definition) is 1. The summed E-state index contributed by atoms with van der Waals surface area (Å²) in [5.74, 6) is 0. The van der Waals surface area contributed by atoms with E-state index in [0.717, 1.165) is 19.3 Å². The van der Waals surface area contributed by atoms with E-state index < -0.39 is 5.60 Å². The van der Waals surface area contributed by atoms with Crippen LogP contribution < -0.4 is 0 Å². The molecule has 0 saturated carbocycles. The highest BCUT2D eigenvalue weighted by atomic mass is 16.5. The first-order valence-electron chi connectivity index (χ1n) is 5.59. The van der Waals surface area contributed by atoms with Crippen molar-refractivity contribution in [1.82, 2.24) is 0 Å². The normalized spacial score (nSPS) is 39.9. The van der Waals surface area contributed by atoms with Crippen molar-refractivity contribution < 1.29 is 9.84 Å². The molecule has 0 amide bonds. The Hall–Kier alpha value is -0.0800. The van der Waals surface area contributed by atoms with Crippen molar-refractivity contribution in [1.29, 1.82) is 0 Å². The Balaban J connectivity index is 2.82. The van der Waals surface area contributed by atoms with Crippen LogP contribution in [-0.4, -0.2) is 22.9 Å². The predicted octanol–water partition coefficient (Wildman–Crippen LogP) is 2.74. The van der Waals surface area contributed by atoms with E-state index in [-0.39, 0.29) is 11.0 Å². The van der Waals surface area contributed by atoms with Gasteiger partial charge in [-0.25, -0.2) is 0 Å². The van der Waals surface area contributed by atoms with Gasteiger partial charge in [0.2, 0.25) is 0 Å². The van der Waals surface area contributed by atoms with Crippen LogP contribution in [0.25, 0.3) is 0 Å². The maximum absolute atomic E-state index is 10.6. The Kier molecular flexibility index (Phi) is 2.99. The van der Waals surface area contributed by atoms with Crippen molar-refractivity contribution in [3.63, 3.8) is 0 Å². The van der Waals surface area contributed by atoms with Crippen molar-refractivity contribution in [2.75, 3.05) is 6.61 Å². The summed E-state index contributed by atoms with van der Waals surface area (Å²) in [6.45, 7) is 11.2. The fraction of sp³-hybridized carbons (Fsp3) is 1.00. The molecule has 2 heteroatoms. The van der Waals surface area contributed by atoms with Gasteiger partial charge in [0, 0.05) is 12.8 Å². The topological polar surface area (TPSA) is 29.5 Å². The molecule has 0 bridgehead atoms. The van der Waals surface area contributed by atoms with Gasteiger partial charge in [0.15, 0.2) is 0 Å². The van der Waals surface area contributed by atoms with Crippen LogP contribution in [0.4, 0.5) is 0 Å². The summed E-state index contributed by atoms with van der Waals surface area (Å²) < 4.78 is 5.75. The second-order valence-electron chi connectivity index (χ2n) is 5.86. The van der Waals surface area contributed by atoms with Crippen LogP contribution in [-0.2, 0) is 4.74 Å². The average Bonchev–Trinajstić information content (AvgIpc) is 2.02. The molecule has 2 unspecified atom stereocenters. The molecular weight excluding hydrogens is 176 g/mol. The summed E-state index contributed by atoms with van der Waals surface area (Å²) in [5.41, 5.74) is -0.774. The number of aliphatic hydroxyl groups is 1. The predicted molar refractivity (Wildman–Crippen MR) is 58.3 cm³/mol. The quantitative estimate of drug-likeness (QED) is 0.705. The monoisotopic (exact) mass is 200 g/mol. The summed E-state index contributed by atoms with van der Waals surface area (Å²) >= 11 is 0. The third kappa shape index (κ3) is 2.12. The smallest absolute Gasteiger partial charge is 0.0745 e. The van der Waals surface area contributed by atoms with E-state index in [1.807, 2.05) is 0 Å². The lowest BCUT2D eigenvalue weighted by molar-refractivity contribution is -0.190. The summed E-state index contributed by atoms with van der Waals surface area (Å²) in [6.07, 6.45) is 2.47. The van der Waals surface area contributed by atoms with Crippen LogP contribution in [0.2, 0.25) is 0 Å². The molecule has 1 aliphatic rings. The van der Waals surface area contributed by atoms with Crippen molar-refractivity contribution in [3.05, 3.63) is 0 Å². The highest BCUT2D eigenvalue weighted by molar-refractivity contribution is 4.98. The molecule has 84 valence electrons. The highest BCUT2D eigenvalue weighted by Crippen LogP contribution is 2.44. The summed E-state index contributed by atoms with van der Waals surface area (Å²) in [6, 6.07) is 0. The number of ether oxygens (including phenoxy) is 1. The van der Waals surface area contributed by atoms with Crippen LogP contribution in [0.1, 0.15) is 53.9 Å². The van der Waals surface area contributed by atoms with Crippen molar-refractivity contribution >= 4 is 0 Å². The molecular formula is C12H24O2. The van der Waals surface area contributed by atoms with E-state index in [9.17, 15) is 5.11 Å². The zero-order valence-corrected chi connectivity index (χ0v) is 10.2. The first-order valence-corrected chi connectivity index (χ1v) is 5.59. The van der Waals surface area contributed by atoms with Crippen molar-refractivity contribution in [3.8, 4) is 0 Å². The van der Waals surface area contributed by atoms with Gasteiger partial charge < -0.3 is 9.84 Å². The maximum Gasteiger partial charge on any atom is 0.0745 e. The third-order valence-corrected chi connectivity index (χ3v) is 3.78. The second kappa shape index (κ2) is 3.49. The number of rotatable bonds is 1. The molecule has 1 aliphatic heterocycles. The third-order valence-electron chi connectivity index (χ3n) is 3.78. The van der Waals surface area contributed by atoms with Crippen LogP contribution in [0.15, 0.2) is 0 Å². The van der Waals surface area contributed by atoms with Crippen LogP contribution in [0.5, 0.6) is 0 Å². The standard InChI is InChI=1S/C12H24O2/c1-6-11(5)9-12(13,7-8-14-11)10(2,3)4/h13H,6-9H2,1-5H3. The Morgan fingerprint density at radius 2 is 1.93 bits per heavy atom. The molecule has 1 N–H and O–H groups in total. The lowest BCUT2D eigenvalue weighted by Gasteiger charge is -2.49. The van der Waals surface area contributed by atoms with Gasteiger partial charge in [-0.1, -0.05) is 27.7 Å². The maximum atomic E-state index is 10.6. The van der Waals surface area contributed by atoms with E-state index in [2.05, 4.69) is 34.6 Å². The van der Waals surface area contributed by atoms with Gasteiger partial charge in [0.25, 0.3) is 0 Å². The Morgan fingerprint density at radius 3 is 2.36 bits per heavy atom. The minimum absolute atomic E-state index is 0.0623. The van der Waals surface area contributed by atoms with E-state index in [1.54, 1.807) is 0 Å². The largest absolute Gasteiger partial charge is 0.389 e. The summed E-state index contributed by atoms with van der Waals surface area (Å²) in [7, 11) is 0. The van der Waals surface area contributed by atoms with Crippen LogP contribution in [0.3, 0.4) is 0 Å². The molecule has 1 fully saturated rings. The van der Waals surface area contributed by atoms with Crippen molar-refractivity contribution in [2.45, 2.75) is 65.1 Å². The number of hydrogen-bond acceptors (Lipinski definition) is 2. The molecule has 0 aliphatic carbocycles. The average molecular weight is 200 g/mol. The first kappa shape index (κ1) is 12.0. The van der Waals surface area contributed by atoms with E-state index in [1.165, 1.54) is 0 Å². The Bertz CT molecular complexity index is 207. The lowest BCUT2D eigenvalue weighted by Crippen LogP contribution is -2.53. The molecule has 0 radical (unpaired) electrons. The van der Waals surface area contributed by atoms with Gasteiger partial charge >= 0.3 is 0 Å². The van der Waals surface area contributed by atoms with E-state index >= 15 is 0 Å². The lowest BCUT2D eigenvalue weighted by atomic mass is 9.67. The molecule has 0 aromatic carbocycles. The molecule has 1 saturated heterocycles. The molecule has 1 rings (SSSR count). The van der Waals surface area contributed by atoms with Crippen molar-refractivity contribution in [2.24, 2.45) is 5.41 Å². The molecule has 0 aromatic rings. The highest BCUT2D eigenvalue weighted by Gasteiger charge is 2.47. The van der Waals surface area contributed by atoms with Gasteiger partial charge in [0.05, 0.1) is 17.8 Å². The summed E-state index contributed by atoms with van der Waals surface area (Å²) in [5, 5.41) is 10.6. The molecule has 14 heavy (non-hydrogen) atoms. The SMILES string of the molecule is CCC1(C)CC(O)(C(C)(C)C)CCO1. The van der Waals surface area contributed by atoms with Crippen LogP contribution >= 0.6 is 0 Å². The Morgan fingerprint density at radius 1 is 1.36 bits per heavy atom. The zero-order valence-electron chi connectivity index (χ0n) is 10.2. The molecule has 1 heterocycles. The molecule has 0 aromatic heterocycles. The van der Waals surface area contributed by atoms with Crippen LogP contribution in [0, 0.1) is 5.41 Å². The van der Waals surface area contributed by atoms with Gasteiger partial charge in [-0.15, -0.1) is 0 Å². The van der Waals surface area contributed by atoms with E-state index in [0.29, 0.717) is 6.61 Å². The fourth-order valence-electron chi connectivity index (χ4n) is 2.09. The second-order valence-corrected chi connectivity index (χ2v) is 5.86. The molecule has 2 atom stereocenters. The molecule has 2 nitrogen and oxygen atoms in total.